The summed E-state index contributed by atoms with van der Waals surface area (Å²) < 4.78 is 0. The van der Waals surface area contributed by atoms with Crippen molar-refractivity contribution >= 4 is 0 Å². The Balaban J connectivity index is 2.19. The van der Waals surface area contributed by atoms with Crippen LogP contribution in [0.25, 0.3) is 0 Å². The Hall–Kier alpha value is -0.660. The van der Waals surface area contributed by atoms with Crippen LogP contribution in [0.15, 0.2) is 12.4 Å². The fourth-order valence-corrected chi connectivity index (χ4v) is 9.55. The average molecular weight is 799 g/mol. The molecular formula is C55H110N2. The highest BCUT2D eigenvalue weighted by Crippen LogP contribution is 2.24. The number of nitrogens with zero attached hydrogens (tertiary/aromatic N) is 2. The van der Waals surface area contributed by atoms with Gasteiger partial charge in [0.15, 0.2) is 0 Å². The Bertz CT molecular complexity index is 718. The zero-order valence-corrected chi connectivity index (χ0v) is 40.3. The Kier molecular flexibility index (Phi) is 44.3. The summed E-state index contributed by atoms with van der Waals surface area (Å²) >= 11 is 0. The van der Waals surface area contributed by atoms with Gasteiger partial charge in [-0.3, -0.25) is 0 Å². The minimum atomic E-state index is 0.634. The highest BCUT2D eigenvalue weighted by Gasteiger charge is 2.25. The van der Waals surface area contributed by atoms with Crippen molar-refractivity contribution < 1.29 is 0 Å². The summed E-state index contributed by atoms with van der Waals surface area (Å²) in [5, 5.41) is 0. The van der Waals surface area contributed by atoms with E-state index in [0.29, 0.717) is 6.17 Å². The molecule has 0 spiro atoms. The molecule has 2 nitrogen and oxygen atoms in total. The van der Waals surface area contributed by atoms with E-state index in [1.54, 1.807) is 0 Å². The van der Waals surface area contributed by atoms with Crippen molar-refractivity contribution in [1.29, 1.82) is 0 Å². The lowest BCUT2D eigenvalue weighted by Gasteiger charge is -2.33. The molecule has 1 rings (SSSR count). The van der Waals surface area contributed by atoms with E-state index in [1.165, 1.54) is 315 Å². The van der Waals surface area contributed by atoms with Crippen LogP contribution in [-0.4, -0.2) is 29.1 Å². The van der Waals surface area contributed by atoms with Gasteiger partial charge in [0, 0.05) is 25.5 Å². The largest absolute Gasteiger partial charge is 0.356 e. The summed E-state index contributed by atoms with van der Waals surface area (Å²) in [5.41, 5.74) is 0. The topological polar surface area (TPSA) is 6.48 Å². The quantitative estimate of drug-likeness (QED) is 0.0566. The summed E-state index contributed by atoms with van der Waals surface area (Å²) in [6, 6.07) is 0. The molecule has 0 amide bonds. The van der Waals surface area contributed by atoms with Crippen LogP contribution >= 0.6 is 0 Å². The molecule has 0 aliphatic carbocycles. The van der Waals surface area contributed by atoms with Crippen molar-refractivity contribution in [3.05, 3.63) is 12.4 Å². The first-order chi connectivity index (χ1) is 28.3. The molecule has 0 aromatic carbocycles. The molecule has 1 heterocycles. The Labute approximate surface area is 362 Å². The number of rotatable bonds is 49. The summed E-state index contributed by atoms with van der Waals surface area (Å²) in [4.78, 5) is 5.50. The van der Waals surface area contributed by atoms with E-state index < -0.39 is 0 Å². The summed E-state index contributed by atoms with van der Waals surface area (Å²) in [6.45, 7) is 9.50. The molecule has 57 heavy (non-hydrogen) atoms. The van der Waals surface area contributed by atoms with Crippen LogP contribution < -0.4 is 0 Å². The lowest BCUT2D eigenvalue weighted by atomic mass is 10.0. The third-order valence-electron chi connectivity index (χ3n) is 13.6. The minimum Gasteiger partial charge on any atom is -0.356 e. The molecule has 340 valence electrons. The van der Waals surface area contributed by atoms with Crippen LogP contribution in [0.4, 0.5) is 0 Å². The van der Waals surface area contributed by atoms with Crippen molar-refractivity contribution in [1.82, 2.24) is 9.80 Å². The van der Waals surface area contributed by atoms with Crippen molar-refractivity contribution in [3.63, 3.8) is 0 Å². The fraction of sp³-hybridized carbons (Fsp3) is 0.964. The second kappa shape index (κ2) is 46.4. The lowest BCUT2D eigenvalue weighted by Crippen LogP contribution is -2.39. The van der Waals surface area contributed by atoms with Gasteiger partial charge in [-0.2, -0.15) is 0 Å². The molecule has 0 saturated carbocycles. The van der Waals surface area contributed by atoms with E-state index in [1.807, 2.05) is 0 Å². The Morgan fingerprint density at radius 1 is 0.228 bits per heavy atom. The standard InChI is InChI=1S/C55H110N2/c1-4-7-10-13-16-19-22-25-28-29-32-35-38-41-44-47-50-55-56(51-48-45-42-39-36-33-30-26-23-20-17-14-11-8-5-2)53-54-57(55)52-49-46-43-40-37-34-31-27-24-21-18-15-12-9-6-3/h53-55H,4-52H2,1-3H3. The summed E-state index contributed by atoms with van der Waals surface area (Å²) in [5.74, 6) is 0. The van der Waals surface area contributed by atoms with Gasteiger partial charge < -0.3 is 9.80 Å². The molecule has 2 heteroatoms. The molecule has 0 N–H and O–H groups in total. The highest BCUT2D eigenvalue weighted by molar-refractivity contribution is 4.97. The van der Waals surface area contributed by atoms with Crippen LogP contribution in [0.1, 0.15) is 323 Å². The number of hydrogen-bond acceptors (Lipinski definition) is 2. The van der Waals surface area contributed by atoms with Crippen LogP contribution in [0.5, 0.6) is 0 Å². The third kappa shape index (κ3) is 38.0. The first kappa shape index (κ1) is 54.4. The number of hydrogen-bond donors (Lipinski definition) is 0. The molecule has 0 radical (unpaired) electrons. The van der Waals surface area contributed by atoms with E-state index in [2.05, 4.69) is 43.0 Å². The van der Waals surface area contributed by atoms with E-state index in [-0.39, 0.29) is 0 Å². The Morgan fingerprint density at radius 3 is 0.614 bits per heavy atom. The first-order valence-electron chi connectivity index (χ1n) is 27.5. The molecule has 1 aliphatic heterocycles. The molecular weight excluding hydrogens is 689 g/mol. The second-order valence-corrected chi connectivity index (χ2v) is 19.2. The van der Waals surface area contributed by atoms with Gasteiger partial charge in [-0.1, -0.05) is 297 Å². The Morgan fingerprint density at radius 2 is 0.404 bits per heavy atom. The molecule has 0 bridgehead atoms. The first-order valence-corrected chi connectivity index (χ1v) is 27.5. The fourth-order valence-electron chi connectivity index (χ4n) is 9.55. The van der Waals surface area contributed by atoms with Gasteiger partial charge in [-0.05, 0) is 25.7 Å². The van der Waals surface area contributed by atoms with E-state index in [9.17, 15) is 0 Å². The maximum absolute atomic E-state index is 2.75. The normalized spacial score (nSPS) is 13.2. The zero-order chi connectivity index (χ0) is 40.8. The van der Waals surface area contributed by atoms with Gasteiger partial charge in [-0.15, -0.1) is 0 Å². The molecule has 0 aromatic heterocycles. The second-order valence-electron chi connectivity index (χ2n) is 19.2. The molecule has 0 atom stereocenters. The molecule has 1 aliphatic rings. The molecule has 0 aromatic rings. The van der Waals surface area contributed by atoms with Crippen LogP contribution in [-0.2, 0) is 0 Å². The van der Waals surface area contributed by atoms with Crippen LogP contribution in [0.3, 0.4) is 0 Å². The zero-order valence-electron chi connectivity index (χ0n) is 40.3. The molecule has 0 unspecified atom stereocenters. The van der Waals surface area contributed by atoms with Gasteiger partial charge in [0.05, 0.1) is 0 Å². The van der Waals surface area contributed by atoms with Gasteiger partial charge in [0.25, 0.3) is 0 Å². The molecule has 0 saturated heterocycles. The van der Waals surface area contributed by atoms with Crippen LogP contribution in [0.2, 0.25) is 0 Å². The van der Waals surface area contributed by atoms with Crippen molar-refractivity contribution in [2.75, 3.05) is 13.1 Å². The van der Waals surface area contributed by atoms with Crippen molar-refractivity contribution in [3.8, 4) is 0 Å². The van der Waals surface area contributed by atoms with Crippen molar-refractivity contribution in [2.45, 2.75) is 329 Å². The predicted molar refractivity (Wildman–Crippen MR) is 260 cm³/mol. The van der Waals surface area contributed by atoms with Crippen LogP contribution in [0, 0.1) is 0 Å². The van der Waals surface area contributed by atoms with Gasteiger partial charge >= 0.3 is 0 Å². The summed E-state index contributed by atoms with van der Waals surface area (Å²) in [7, 11) is 0. The molecule has 0 fully saturated rings. The average Bonchev–Trinajstić information content (AvgIpc) is 3.61. The van der Waals surface area contributed by atoms with Gasteiger partial charge in [0.1, 0.15) is 6.17 Å². The SMILES string of the molecule is CCCCCCCCCCCCCCCCCCC1N(CCCCCCCCCCCCCCCCC)C=CN1CCCCCCCCCCCCCCCCC. The van der Waals surface area contributed by atoms with E-state index >= 15 is 0 Å². The maximum Gasteiger partial charge on any atom is 0.101 e. The predicted octanol–water partition coefficient (Wildman–Crippen LogP) is 19.8. The van der Waals surface area contributed by atoms with Gasteiger partial charge in [0.2, 0.25) is 0 Å². The van der Waals surface area contributed by atoms with E-state index in [0.717, 1.165) is 0 Å². The smallest absolute Gasteiger partial charge is 0.101 e. The number of unbranched alkanes of at least 4 members (excludes halogenated alkanes) is 43. The lowest BCUT2D eigenvalue weighted by molar-refractivity contribution is 0.135. The highest BCUT2D eigenvalue weighted by atomic mass is 15.4. The minimum absolute atomic E-state index is 0.634. The van der Waals surface area contributed by atoms with Crippen molar-refractivity contribution in [2.24, 2.45) is 0 Å². The van der Waals surface area contributed by atoms with E-state index in [4.69, 9.17) is 0 Å². The third-order valence-corrected chi connectivity index (χ3v) is 13.6. The maximum atomic E-state index is 2.75. The summed E-state index contributed by atoms with van der Waals surface area (Å²) in [6.07, 6.45) is 73.8. The van der Waals surface area contributed by atoms with Gasteiger partial charge in [-0.25, -0.2) is 0 Å². The monoisotopic (exact) mass is 799 g/mol.